The van der Waals surface area contributed by atoms with E-state index in [1.54, 1.807) is 11.3 Å². The highest BCUT2D eigenvalue weighted by Gasteiger charge is 2.24. The van der Waals surface area contributed by atoms with Crippen LogP contribution in [0, 0.1) is 5.92 Å². The summed E-state index contributed by atoms with van der Waals surface area (Å²) >= 11 is 1.79. The molecule has 1 aromatic heterocycles. The van der Waals surface area contributed by atoms with Crippen LogP contribution in [0.1, 0.15) is 49.6 Å². The van der Waals surface area contributed by atoms with Gasteiger partial charge in [0.1, 0.15) is 0 Å². The van der Waals surface area contributed by atoms with E-state index in [1.165, 1.54) is 10.4 Å². The van der Waals surface area contributed by atoms with Crippen molar-refractivity contribution < 1.29 is 4.79 Å². The second-order valence-electron chi connectivity index (χ2n) is 5.49. The zero-order valence-corrected chi connectivity index (χ0v) is 11.9. The molecule has 2 rings (SSSR count). The maximum Gasteiger partial charge on any atom is 0.237 e. The molecule has 0 spiro atoms. The lowest BCUT2D eigenvalue weighted by atomic mass is 9.93. The molecule has 0 aromatic carbocycles. The molecule has 4 heteroatoms. The molecule has 3 nitrogen and oxygen atoms in total. The molecule has 0 saturated heterocycles. The molecule has 1 unspecified atom stereocenters. The molecule has 0 aliphatic heterocycles. The summed E-state index contributed by atoms with van der Waals surface area (Å²) in [5, 5.41) is 5.22. The Morgan fingerprint density at radius 2 is 2.39 bits per heavy atom. The lowest BCUT2D eigenvalue weighted by Crippen LogP contribution is -2.43. The standard InChI is InChI=1S/C14H22N2OS/c1-9(2)8-11(15)14(17)16-12-4-3-5-13-10(12)6-7-18-13/h6-7,9,11-12H,3-5,8,15H2,1-2H3,(H,16,17)/t11-,12?/m0/s1. The zero-order valence-electron chi connectivity index (χ0n) is 11.1. The number of hydrogen-bond acceptors (Lipinski definition) is 3. The number of amides is 1. The first-order valence-corrected chi connectivity index (χ1v) is 7.58. The Balaban J connectivity index is 1.97. The van der Waals surface area contributed by atoms with Crippen LogP contribution in [0.25, 0.3) is 0 Å². The number of thiophene rings is 1. The normalized spacial score (nSPS) is 20.6. The average molecular weight is 266 g/mol. The minimum absolute atomic E-state index is 0.00671. The molecule has 0 fully saturated rings. The van der Waals surface area contributed by atoms with Crippen LogP contribution in [0.5, 0.6) is 0 Å². The summed E-state index contributed by atoms with van der Waals surface area (Å²) in [5.74, 6) is 0.446. The predicted molar refractivity (Wildman–Crippen MR) is 75.6 cm³/mol. The fourth-order valence-corrected chi connectivity index (χ4v) is 3.52. The summed E-state index contributed by atoms with van der Waals surface area (Å²) in [6.07, 6.45) is 4.08. The minimum atomic E-state index is -0.381. The lowest BCUT2D eigenvalue weighted by molar-refractivity contribution is -0.123. The Labute approximate surface area is 113 Å². The summed E-state index contributed by atoms with van der Waals surface area (Å²) in [7, 11) is 0. The van der Waals surface area contributed by atoms with E-state index in [0.29, 0.717) is 5.92 Å². The van der Waals surface area contributed by atoms with Gasteiger partial charge >= 0.3 is 0 Å². The first-order valence-electron chi connectivity index (χ1n) is 6.70. The van der Waals surface area contributed by atoms with Crippen molar-refractivity contribution in [3.05, 3.63) is 21.9 Å². The molecule has 0 radical (unpaired) electrons. The van der Waals surface area contributed by atoms with E-state index in [-0.39, 0.29) is 18.0 Å². The van der Waals surface area contributed by atoms with Crippen molar-refractivity contribution in [2.45, 2.75) is 51.6 Å². The van der Waals surface area contributed by atoms with Crippen LogP contribution in [0.3, 0.4) is 0 Å². The molecule has 1 aliphatic rings. The minimum Gasteiger partial charge on any atom is -0.348 e. The Morgan fingerprint density at radius 3 is 3.11 bits per heavy atom. The van der Waals surface area contributed by atoms with Gasteiger partial charge in [0.2, 0.25) is 5.91 Å². The van der Waals surface area contributed by atoms with Crippen molar-refractivity contribution in [3.63, 3.8) is 0 Å². The van der Waals surface area contributed by atoms with Gasteiger partial charge in [-0.05, 0) is 48.6 Å². The quantitative estimate of drug-likeness (QED) is 0.880. The van der Waals surface area contributed by atoms with Crippen molar-refractivity contribution in [1.82, 2.24) is 5.32 Å². The molecule has 0 bridgehead atoms. The van der Waals surface area contributed by atoms with Crippen LogP contribution in [-0.2, 0) is 11.2 Å². The molecule has 1 aliphatic carbocycles. The van der Waals surface area contributed by atoms with Gasteiger partial charge in [-0.3, -0.25) is 4.79 Å². The van der Waals surface area contributed by atoms with Gasteiger partial charge in [-0.1, -0.05) is 13.8 Å². The molecule has 1 aromatic rings. The molecular formula is C14H22N2OS. The first-order chi connectivity index (χ1) is 8.58. The molecule has 0 saturated carbocycles. The second kappa shape index (κ2) is 5.85. The summed E-state index contributed by atoms with van der Waals surface area (Å²) in [5.41, 5.74) is 7.22. The zero-order chi connectivity index (χ0) is 13.1. The molecule has 18 heavy (non-hydrogen) atoms. The summed E-state index contributed by atoms with van der Waals surface area (Å²) in [6.45, 7) is 4.18. The SMILES string of the molecule is CC(C)C[C@H](N)C(=O)NC1CCCc2sccc21. The number of carbonyl (C=O) groups excluding carboxylic acids is 1. The highest BCUT2D eigenvalue weighted by Crippen LogP contribution is 2.33. The Hall–Kier alpha value is -0.870. The number of nitrogens with one attached hydrogen (secondary N) is 1. The number of aryl methyl sites for hydroxylation is 1. The van der Waals surface area contributed by atoms with E-state index >= 15 is 0 Å². The first kappa shape index (κ1) is 13.6. The van der Waals surface area contributed by atoms with Gasteiger partial charge in [0.25, 0.3) is 0 Å². The highest BCUT2D eigenvalue weighted by atomic mass is 32.1. The molecule has 1 amide bonds. The molecular weight excluding hydrogens is 244 g/mol. The molecule has 2 atom stereocenters. The maximum absolute atomic E-state index is 12.0. The van der Waals surface area contributed by atoms with Gasteiger partial charge in [-0.15, -0.1) is 11.3 Å². The van der Waals surface area contributed by atoms with Gasteiger partial charge in [0, 0.05) is 4.88 Å². The topological polar surface area (TPSA) is 55.1 Å². The monoisotopic (exact) mass is 266 g/mol. The fourth-order valence-electron chi connectivity index (χ4n) is 2.53. The summed E-state index contributed by atoms with van der Waals surface area (Å²) < 4.78 is 0. The fraction of sp³-hybridized carbons (Fsp3) is 0.643. The van der Waals surface area contributed by atoms with Crippen LogP contribution in [0.15, 0.2) is 11.4 Å². The van der Waals surface area contributed by atoms with E-state index in [9.17, 15) is 4.79 Å². The third-order valence-electron chi connectivity index (χ3n) is 3.43. The number of nitrogens with two attached hydrogens (primary N) is 1. The Morgan fingerprint density at radius 1 is 1.61 bits per heavy atom. The van der Waals surface area contributed by atoms with Gasteiger partial charge < -0.3 is 11.1 Å². The average Bonchev–Trinajstić information content (AvgIpc) is 2.77. The van der Waals surface area contributed by atoms with Crippen LogP contribution in [0.2, 0.25) is 0 Å². The van der Waals surface area contributed by atoms with E-state index in [1.807, 2.05) is 0 Å². The van der Waals surface area contributed by atoms with Crippen LogP contribution in [0.4, 0.5) is 0 Å². The van der Waals surface area contributed by atoms with Crippen molar-refractivity contribution in [3.8, 4) is 0 Å². The van der Waals surface area contributed by atoms with Crippen LogP contribution < -0.4 is 11.1 Å². The molecule has 1 heterocycles. The predicted octanol–water partition coefficient (Wildman–Crippen LogP) is 2.62. The van der Waals surface area contributed by atoms with Crippen molar-refractivity contribution >= 4 is 17.2 Å². The Kier molecular flexibility index (Phi) is 4.40. The Bertz CT molecular complexity index is 414. The van der Waals surface area contributed by atoms with Gasteiger partial charge in [-0.25, -0.2) is 0 Å². The van der Waals surface area contributed by atoms with E-state index in [4.69, 9.17) is 5.73 Å². The second-order valence-corrected chi connectivity index (χ2v) is 6.49. The van der Waals surface area contributed by atoms with Crippen LogP contribution in [-0.4, -0.2) is 11.9 Å². The molecule has 3 N–H and O–H groups in total. The third kappa shape index (κ3) is 3.12. The molecule has 100 valence electrons. The number of carbonyl (C=O) groups is 1. The van der Waals surface area contributed by atoms with E-state index < -0.39 is 0 Å². The number of fused-ring (bicyclic) bond motifs is 1. The summed E-state index contributed by atoms with van der Waals surface area (Å²) in [6, 6.07) is 1.93. The van der Waals surface area contributed by atoms with Crippen molar-refractivity contribution in [2.24, 2.45) is 11.7 Å². The third-order valence-corrected chi connectivity index (χ3v) is 4.43. The largest absolute Gasteiger partial charge is 0.348 e. The summed E-state index contributed by atoms with van der Waals surface area (Å²) in [4.78, 5) is 13.5. The smallest absolute Gasteiger partial charge is 0.237 e. The lowest BCUT2D eigenvalue weighted by Gasteiger charge is -2.25. The van der Waals surface area contributed by atoms with Crippen LogP contribution >= 0.6 is 11.3 Å². The highest BCUT2D eigenvalue weighted by molar-refractivity contribution is 7.10. The van der Waals surface area contributed by atoms with Gasteiger partial charge in [-0.2, -0.15) is 0 Å². The van der Waals surface area contributed by atoms with E-state index in [2.05, 4.69) is 30.6 Å². The number of hydrogen-bond donors (Lipinski definition) is 2. The van der Waals surface area contributed by atoms with Gasteiger partial charge in [0.05, 0.1) is 12.1 Å². The number of rotatable bonds is 4. The van der Waals surface area contributed by atoms with E-state index in [0.717, 1.165) is 25.7 Å². The van der Waals surface area contributed by atoms with Crippen molar-refractivity contribution in [2.75, 3.05) is 0 Å². The van der Waals surface area contributed by atoms with Crippen molar-refractivity contribution in [1.29, 1.82) is 0 Å². The maximum atomic E-state index is 12.0. The van der Waals surface area contributed by atoms with Gasteiger partial charge in [0.15, 0.2) is 0 Å².